The van der Waals surface area contributed by atoms with Gasteiger partial charge >= 0.3 is 6.09 Å². The number of carbonyl (C=O) groups is 1. The fourth-order valence-corrected chi connectivity index (χ4v) is 2.05. The Labute approximate surface area is 130 Å². The molecule has 1 amide bonds. The lowest BCUT2D eigenvalue weighted by Crippen LogP contribution is -2.36. The van der Waals surface area contributed by atoms with Crippen LogP contribution >= 0.6 is 11.6 Å². The fourth-order valence-electron chi connectivity index (χ4n) is 1.87. The summed E-state index contributed by atoms with van der Waals surface area (Å²) in [6.45, 7) is 6.14. The smallest absolute Gasteiger partial charge is 0.407 e. The highest BCUT2D eigenvalue weighted by Gasteiger charge is 2.19. The Kier molecular flexibility index (Phi) is 6.30. The van der Waals surface area contributed by atoms with Crippen molar-refractivity contribution in [2.24, 2.45) is 5.73 Å². The molecular formula is C15H23ClN2O3. The molecule has 5 nitrogen and oxygen atoms in total. The van der Waals surface area contributed by atoms with E-state index in [0.717, 1.165) is 5.56 Å². The van der Waals surface area contributed by atoms with Crippen molar-refractivity contribution < 1.29 is 14.3 Å². The number of nitrogens with two attached hydrogens (primary N) is 1. The van der Waals surface area contributed by atoms with E-state index in [1.807, 2.05) is 20.8 Å². The molecular weight excluding hydrogens is 292 g/mol. The van der Waals surface area contributed by atoms with Crippen LogP contribution in [0.15, 0.2) is 18.2 Å². The van der Waals surface area contributed by atoms with Crippen LogP contribution in [0.1, 0.15) is 32.3 Å². The van der Waals surface area contributed by atoms with Crippen LogP contribution in [-0.4, -0.2) is 31.9 Å². The SMILES string of the molecule is COc1ccc(Cl)cc1C(CN)CNC(=O)OC(C)(C)C. The molecule has 1 aromatic carbocycles. The lowest BCUT2D eigenvalue weighted by atomic mass is 9.98. The van der Waals surface area contributed by atoms with Crippen LogP contribution in [0.2, 0.25) is 5.02 Å². The summed E-state index contributed by atoms with van der Waals surface area (Å²) in [6, 6.07) is 5.33. The average Bonchev–Trinajstić information content (AvgIpc) is 2.37. The van der Waals surface area contributed by atoms with Gasteiger partial charge in [-0.25, -0.2) is 4.79 Å². The highest BCUT2D eigenvalue weighted by atomic mass is 35.5. The van der Waals surface area contributed by atoms with Crippen molar-refractivity contribution >= 4 is 17.7 Å². The molecule has 0 aliphatic carbocycles. The van der Waals surface area contributed by atoms with Gasteiger partial charge in [0.1, 0.15) is 11.4 Å². The lowest BCUT2D eigenvalue weighted by molar-refractivity contribution is 0.0524. The largest absolute Gasteiger partial charge is 0.496 e. The molecule has 0 bridgehead atoms. The summed E-state index contributed by atoms with van der Waals surface area (Å²) < 4.78 is 10.5. The highest BCUT2D eigenvalue weighted by molar-refractivity contribution is 6.30. The highest BCUT2D eigenvalue weighted by Crippen LogP contribution is 2.29. The van der Waals surface area contributed by atoms with Crippen LogP contribution in [0.3, 0.4) is 0 Å². The van der Waals surface area contributed by atoms with Crippen molar-refractivity contribution in [1.29, 1.82) is 0 Å². The molecule has 0 aliphatic heterocycles. The molecule has 0 saturated carbocycles. The van der Waals surface area contributed by atoms with E-state index < -0.39 is 11.7 Å². The van der Waals surface area contributed by atoms with E-state index in [0.29, 0.717) is 23.9 Å². The predicted molar refractivity (Wildman–Crippen MR) is 84.0 cm³/mol. The van der Waals surface area contributed by atoms with Gasteiger partial charge in [0.05, 0.1) is 7.11 Å². The van der Waals surface area contributed by atoms with Gasteiger partial charge in [0.15, 0.2) is 0 Å². The van der Waals surface area contributed by atoms with Gasteiger partial charge in [0.25, 0.3) is 0 Å². The minimum atomic E-state index is -0.532. The molecule has 21 heavy (non-hydrogen) atoms. The number of carbonyl (C=O) groups excluding carboxylic acids is 1. The fraction of sp³-hybridized carbons (Fsp3) is 0.533. The molecule has 0 fully saturated rings. The predicted octanol–water partition coefficient (Wildman–Crippen LogP) is 2.92. The molecule has 118 valence electrons. The van der Waals surface area contributed by atoms with Gasteiger partial charge in [-0.2, -0.15) is 0 Å². The molecule has 0 heterocycles. The third-order valence-corrected chi connectivity index (χ3v) is 3.04. The number of methoxy groups -OCH3 is 1. The summed E-state index contributed by atoms with van der Waals surface area (Å²) in [6.07, 6.45) is -0.470. The first kappa shape index (κ1) is 17.6. The zero-order valence-corrected chi connectivity index (χ0v) is 13.7. The summed E-state index contributed by atoms with van der Waals surface area (Å²) in [4.78, 5) is 11.7. The van der Waals surface area contributed by atoms with Crippen molar-refractivity contribution in [2.45, 2.75) is 32.3 Å². The van der Waals surface area contributed by atoms with Crippen LogP contribution < -0.4 is 15.8 Å². The Bertz CT molecular complexity index is 486. The van der Waals surface area contributed by atoms with Crippen molar-refractivity contribution in [2.75, 3.05) is 20.2 Å². The molecule has 3 N–H and O–H groups in total. The first-order valence-corrected chi connectivity index (χ1v) is 7.15. The maximum Gasteiger partial charge on any atom is 0.407 e. The zero-order valence-electron chi connectivity index (χ0n) is 12.9. The molecule has 0 spiro atoms. The second-order valence-corrected chi connectivity index (χ2v) is 6.14. The van der Waals surface area contributed by atoms with Crippen LogP contribution in [0, 0.1) is 0 Å². The summed E-state index contributed by atoms with van der Waals surface area (Å²) in [7, 11) is 1.58. The maximum absolute atomic E-state index is 11.7. The van der Waals surface area contributed by atoms with Crippen molar-refractivity contribution in [3.8, 4) is 5.75 Å². The van der Waals surface area contributed by atoms with E-state index in [1.54, 1.807) is 25.3 Å². The number of rotatable bonds is 5. The molecule has 1 unspecified atom stereocenters. The van der Waals surface area contributed by atoms with Gasteiger partial charge in [-0.3, -0.25) is 0 Å². The van der Waals surface area contributed by atoms with E-state index >= 15 is 0 Å². The van der Waals surface area contributed by atoms with Gasteiger partial charge in [0.2, 0.25) is 0 Å². The van der Waals surface area contributed by atoms with Crippen LogP contribution in [0.5, 0.6) is 5.75 Å². The number of benzene rings is 1. The Morgan fingerprint density at radius 2 is 2.10 bits per heavy atom. The maximum atomic E-state index is 11.7. The number of halogens is 1. The molecule has 1 aromatic rings. The molecule has 0 radical (unpaired) electrons. The van der Waals surface area contributed by atoms with E-state index in [1.165, 1.54) is 0 Å². The Hall–Kier alpha value is -1.46. The van der Waals surface area contributed by atoms with Gasteiger partial charge in [0, 0.05) is 29.6 Å². The molecule has 1 rings (SSSR count). The number of ether oxygens (including phenoxy) is 2. The Morgan fingerprint density at radius 3 is 2.62 bits per heavy atom. The van der Waals surface area contributed by atoms with E-state index in [9.17, 15) is 4.79 Å². The van der Waals surface area contributed by atoms with Crippen LogP contribution in [-0.2, 0) is 4.74 Å². The second-order valence-electron chi connectivity index (χ2n) is 5.70. The van der Waals surface area contributed by atoms with Gasteiger partial charge < -0.3 is 20.5 Å². The summed E-state index contributed by atoms with van der Waals surface area (Å²) in [5.74, 6) is 0.590. The first-order chi connectivity index (χ1) is 9.76. The summed E-state index contributed by atoms with van der Waals surface area (Å²) in [5, 5.41) is 3.32. The minimum absolute atomic E-state index is 0.105. The molecule has 0 aliphatic rings. The third kappa shape index (κ3) is 5.81. The van der Waals surface area contributed by atoms with Crippen molar-refractivity contribution in [1.82, 2.24) is 5.32 Å². The second kappa shape index (κ2) is 7.52. The Morgan fingerprint density at radius 1 is 1.43 bits per heavy atom. The van der Waals surface area contributed by atoms with Gasteiger partial charge in [-0.1, -0.05) is 11.6 Å². The van der Waals surface area contributed by atoms with E-state index in [2.05, 4.69) is 5.32 Å². The number of amides is 1. The lowest BCUT2D eigenvalue weighted by Gasteiger charge is -2.22. The topological polar surface area (TPSA) is 73.6 Å². The van der Waals surface area contributed by atoms with Gasteiger partial charge in [-0.05, 0) is 39.0 Å². The molecule has 0 saturated heterocycles. The number of nitrogens with one attached hydrogen (secondary N) is 1. The Balaban J connectivity index is 2.76. The van der Waals surface area contributed by atoms with E-state index in [4.69, 9.17) is 26.8 Å². The summed E-state index contributed by atoms with van der Waals surface area (Å²) >= 11 is 6.02. The normalized spacial score (nSPS) is 12.7. The van der Waals surface area contributed by atoms with Crippen molar-refractivity contribution in [3.63, 3.8) is 0 Å². The number of hydrogen-bond donors (Lipinski definition) is 2. The number of hydrogen-bond acceptors (Lipinski definition) is 4. The minimum Gasteiger partial charge on any atom is -0.496 e. The van der Waals surface area contributed by atoms with Crippen LogP contribution in [0.25, 0.3) is 0 Å². The third-order valence-electron chi connectivity index (χ3n) is 2.81. The van der Waals surface area contributed by atoms with E-state index in [-0.39, 0.29) is 5.92 Å². The van der Waals surface area contributed by atoms with Crippen molar-refractivity contribution in [3.05, 3.63) is 28.8 Å². The zero-order chi connectivity index (χ0) is 16.0. The molecule has 6 heteroatoms. The standard InChI is InChI=1S/C15H23ClN2O3/c1-15(2,3)21-14(19)18-9-10(8-17)12-7-11(16)5-6-13(12)20-4/h5-7,10H,8-9,17H2,1-4H3,(H,18,19). The van der Waals surface area contributed by atoms with Crippen LogP contribution in [0.4, 0.5) is 4.79 Å². The summed E-state index contributed by atoms with van der Waals surface area (Å²) in [5.41, 5.74) is 6.13. The molecule has 1 atom stereocenters. The first-order valence-electron chi connectivity index (χ1n) is 6.77. The monoisotopic (exact) mass is 314 g/mol. The quantitative estimate of drug-likeness (QED) is 0.876. The average molecular weight is 315 g/mol. The van der Waals surface area contributed by atoms with Gasteiger partial charge in [-0.15, -0.1) is 0 Å². The number of alkyl carbamates (subject to hydrolysis) is 1. The molecule has 0 aromatic heterocycles.